The maximum atomic E-state index is 10.7. The molecular weight excluding hydrogens is 186 g/mol. The molecule has 0 aromatic heterocycles. The van der Waals surface area contributed by atoms with Crippen LogP contribution in [0.5, 0.6) is 0 Å². The van der Waals surface area contributed by atoms with Crippen molar-refractivity contribution in [2.24, 2.45) is 5.73 Å². The maximum Gasteiger partial charge on any atom is 0.221 e. The number of hydrogen-bond donors (Lipinski definition) is 1. The normalized spacial score (nSPS) is 10.0. The van der Waals surface area contributed by atoms with Crippen molar-refractivity contribution in [3.8, 4) is 0 Å². The van der Waals surface area contributed by atoms with Crippen molar-refractivity contribution in [3.05, 3.63) is 34.3 Å². The fourth-order valence-corrected chi connectivity index (χ4v) is 1.49. The summed E-state index contributed by atoms with van der Waals surface area (Å²) in [5.74, 6) is -0.322. The largest absolute Gasteiger partial charge is 0.369 e. The number of carbonyl (C=O) groups is 1. The second-order valence-electron chi connectivity index (χ2n) is 2.91. The van der Waals surface area contributed by atoms with Gasteiger partial charge in [0.2, 0.25) is 5.91 Å². The molecule has 0 atom stereocenters. The zero-order chi connectivity index (χ0) is 9.84. The molecule has 1 rings (SSSR count). The molecule has 0 aliphatic rings. The van der Waals surface area contributed by atoms with Crippen LogP contribution in [0.25, 0.3) is 0 Å². The van der Waals surface area contributed by atoms with Gasteiger partial charge in [-0.3, -0.25) is 4.79 Å². The Labute approximate surface area is 82.7 Å². The summed E-state index contributed by atoms with van der Waals surface area (Å²) in [6.45, 7) is 2.04. The molecule has 0 fully saturated rings. The van der Waals surface area contributed by atoms with Gasteiger partial charge in [-0.05, 0) is 29.7 Å². The SMILES string of the molecule is CCc1ccc(Cl)cc1CC(N)=O. The van der Waals surface area contributed by atoms with E-state index in [4.69, 9.17) is 17.3 Å². The number of rotatable bonds is 3. The molecule has 0 saturated carbocycles. The highest BCUT2D eigenvalue weighted by atomic mass is 35.5. The molecule has 0 radical (unpaired) electrons. The van der Waals surface area contributed by atoms with Gasteiger partial charge in [0.25, 0.3) is 0 Å². The quantitative estimate of drug-likeness (QED) is 0.791. The number of nitrogens with two attached hydrogens (primary N) is 1. The average molecular weight is 198 g/mol. The maximum absolute atomic E-state index is 10.7. The lowest BCUT2D eigenvalue weighted by atomic mass is 10.0. The molecule has 2 N–H and O–H groups in total. The Hall–Kier alpha value is -1.02. The van der Waals surface area contributed by atoms with Crippen molar-refractivity contribution in [2.75, 3.05) is 0 Å². The molecular formula is C10H12ClNO. The molecule has 0 heterocycles. The summed E-state index contributed by atoms with van der Waals surface area (Å²) < 4.78 is 0. The summed E-state index contributed by atoms with van der Waals surface area (Å²) in [4.78, 5) is 10.7. The van der Waals surface area contributed by atoms with Crippen molar-refractivity contribution >= 4 is 17.5 Å². The fourth-order valence-electron chi connectivity index (χ4n) is 1.29. The molecule has 0 spiro atoms. The molecule has 1 aromatic carbocycles. The molecule has 0 aliphatic heterocycles. The van der Waals surface area contributed by atoms with E-state index in [9.17, 15) is 4.79 Å². The standard InChI is InChI=1S/C10H12ClNO/c1-2-7-3-4-9(11)5-8(7)6-10(12)13/h3-5H,2,6H2,1H3,(H2,12,13). The highest BCUT2D eigenvalue weighted by molar-refractivity contribution is 6.30. The van der Waals surface area contributed by atoms with E-state index in [1.807, 2.05) is 19.1 Å². The van der Waals surface area contributed by atoms with Gasteiger partial charge in [0.05, 0.1) is 6.42 Å². The van der Waals surface area contributed by atoms with Crippen LogP contribution in [-0.2, 0) is 17.6 Å². The van der Waals surface area contributed by atoms with Gasteiger partial charge in [-0.15, -0.1) is 0 Å². The van der Waals surface area contributed by atoms with E-state index >= 15 is 0 Å². The molecule has 0 bridgehead atoms. The van der Waals surface area contributed by atoms with Crippen LogP contribution in [0, 0.1) is 0 Å². The van der Waals surface area contributed by atoms with Gasteiger partial charge < -0.3 is 5.73 Å². The number of benzene rings is 1. The zero-order valence-corrected chi connectivity index (χ0v) is 8.27. The zero-order valence-electron chi connectivity index (χ0n) is 7.51. The van der Waals surface area contributed by atoms with Crippen molar-refractivity contribution in [1.82, 2.24) is 0 Å². The minimum Gasteiger partial charge on any atom is -0.369 e. The number of carbonyl (C=O) groups excluding carboxylic acids is 1. The minimum atomic E-state index is -0.322. The monoisotopic (exact) mass is 197 g/mol. The van der Waals surface area contributed by atoms with E-state index in [1.165, 1.54) is 0 Å². The van der Waals surface area contributed by atoms with Gasteiger partial charge in [-0.25, -0.2) is 0 Å². The smallest absolute Gasteiger partial charge is 0.221 e. The Morgan fingerprint density at radius 3 is 2.69 bits per heavy atom. The highest BCUT2D eigenvalue weighted by Crippen LogP contribution is 2.16. The topological polar surface area (TPSA) is 43.1 Å². The number of halogens is 1. The summed E-state index contributed by atoms with van der Waals surface area (Å²) in [5.41, 5.74) is 7.18. The molecule has 1 amide bonds. The third kappa shape index (κ3) is 2.74. The van der Waals surface area contributed by atoms with Gasteiger partial charge in [0, 0.05) is 5.02 Å². The summed E-state index contributed by atoms with van der Waals surface area (Å²) >= 11 is 5.81. The Balaban J connectivity index is 3.01. The second kappa shape index (κ2) is 4.28. The molecule has 0 aliphatic carbocycles. The number of hydrogen-bond acceptors (Lipinski definition) is 1. The van der Waals surface area contributed by atoms with Crippen LogP contribution in [-0.4, -0.2) is 5.91 Å². The third-order valence-electron chi connectivity index (χ3n) is 1.91. The van der Waals surface area contributed by atoms with Crippen molar-refractivity contribution < 1.29 is 4.79 Å². The molecule has 0 saturated heterocycles. The lowest BCUT2D eigenvalue weighted by Gasteiger charge is -2.05. The van der Waals surface area contributed by atoms with Crippen molar-refractivity contribution in [1.29, 1.82) is 0 Å². The summed E-state index contributed by atoms with van der Waals surface area (Å²) in [6.07, 6.45) is 1.16. The second-order valence-corrected chi connectivity index (χ2v) is 3.35. The first-order chi connectivity index (χ1) is 6.13. The summed E-state index contributed by atoms with van der Waals surface area (Å²) in [5, 5.41) is 0.647. The van der Waals surface area contributed by atoms with Crippen LogP contribution < -0.4 is 5.73 Å². The van der Waals surface area contributed by atoms with E-state index in [-0.39, 0.29) is 12.3 Å². The minimum absolute atomic E-state index is 0.268. The van der Waals surface area contributed by atoms with E-state index in [0.717, 1.165) is 17.5 Å². The van der Waals surface area contributed by atoms with Crippen LogP contribution in [0.15, 0.2) is 18.2 Å². The molecule has 2 nitrogen and oxygen atoms in total. The van der Waals surface area contributed by atoms with Crippen LogP contribution in [0.1, 0.15) is 18.1 Å². The molecule has 70 valence electrons. The molecule has 3 heteroatoms. The first-order valence-electron chi connectivity index (χ1n) is 4.19. The number of aryl methyl sites for hydroxylation is 1. The Morgan fingerprint density at radius 1 is 1.46 bits per heavy atom. The van der Waals surface area contributed by atoms with Gasteiger partial charge in [-0.2, -0.15) is 0 Å². The summed E-state index contributed by atoms with van der Waals surface area (Å²) in [7, 11) is 0. The highest BCUT2D eigenvalue weighted by Gasteiger charge is 2.04. The lowest BCUT2D eigenvalue weighted by Crippen LogP contribution is -2.14. The number of amides is 1. The number of primary amides is 1. The van der Waals surface area contributed by atoms with E-state index in [1.54, 1.807) is 6.07 Å². The van der Waals surface area contributed by atoms with E-state index in [2.05, 4.69) is 0 Å². The van der Waals surface area contributed by atoms with Crippen molar-refractivity contribution in [2.45, 2.75) is 19.8 Å². The Bertz CT molecular complexity index is 323. The van der Waals surface area contributed by atoms with Crippen molar-refractivity contribution in [3.63, 3.8) is 0 Å². The Morgan fingerprint density at radius 2 is 2.15 bits per heavy atom. The van der Waals surface area contributed by atoms with Crippen LogP contribution in [0.4, 0.5) is 0 Å². The van der Waals surface area contributed by atoms with Gasteiger partial charge in [0.1, 0.15) is 0 Å². The van der Waals surface area contributed by atoms with Gasteiger partial charge in [-0.1, -0.05) is 24.6 Å². The van der Waals surface area contributed by atoms with Crippen LogP contribution in [0.2, 0.25) is 5.02 Å². The predicted octanol–water partition coefficient (Wildman–Crippen LogP) is 1.93. The molecule has 13 heavy (non-hydrogen) atoms. The lowest BCUT2D eigenvalue weighted by molar-refractivity contribution is -0.117. The summed E-state index contributed by atoms with van der Waals surface area (Å²) in [6, 6.07) is 5.55. The molecule has 1 aromatic rings. The third-order valence-corrected chi connectivity index (χ3v) is 2.15. The van der Waals surface area contributed by atoms with Crippen LogP contribution in [0.3, 0.4) is 0 Å². The van der Waals surface area contributed by atoms with E-state index in [0.29, 0.717) is 5.02 Å². The molecule has 0 unspecified atom stereocenters. The van der Waals surface area contributed by atoms with E-state index < -0.39 is 0 Å². The first-order valence-corrected chi connectivity index (χ1v) is 4.57. The fraction of sp³-hybridized carbons (Fsp3) is 0.300. The predicted molar refractivity (Wildman–Crippen MR) is 53.7 cm³/mol. The van der Waals surface area contributed by atoms with Gasteiger partial charge >= 0.3 is 0 Å². The van der Waals surface area contributed by atoms with Gasteiger partial charge in [0.15, 0.2) is 0 Å². The van der Waals surface area contributed by atoms with Crippen LogP contribution >= 0.6 is 11.6 Å². The Kier molecular flexibility index (Phi) is 3.32. The average Bonchev–Trinajstić information content (AvgIpc) is 2.03. The first kappa shape index (κ1) is 10.1.